The van der Waals surface area contributed by atoms with Crippen molar-refractivity contribution >= 4 is 0 Å². The third-order valence-corrected chi connectivity index (χ3v) is 3.32. The van der Waals surface area contributed by atoms with Crippen LogP contribution >= 0.6 is 0 Å². The molecule has 1 atom stereocenters. The molecule has 0 spiro atoms. The Balaban J connectivity index is 2.81. The third kappa shape index (κ3) is 3.78. The highest BCUT2D eigenvalue weighted by Gasteiger charge is 2.29. The number of hydrogen-bond acceptors (Lipinski definition) is 4. The van der Waals surface area contributed by atoms with Crippen LogP contribution in [0, 0.1) is 13.8 Å². The third-order valence-electron chi connectivity index (χ3n) is 3.32. The summed E-state index contributed by atoms with van der Waals surface area (Å²) in [6.45, 7) is 12.0. The summed E-state index contributed by atoms with van der Waals surface area (Å²) < 4.78 is 7.54. The Hall–Kier alpha value is -0.940. The molecular weight excluding hydrogens is 228 g/mol. The van der Waals surface area contributed by atoms with Crippen LogP contribution in [0.5, 0.6) is 0 Å². The van der Waals surface area contributed by atoms with E-state index in [2.05, 4.69) is 36.2 Å². The van der Waals surface area contributed by atoms with Gasteiger partial charge < -0.3 is 10.1 Å². The van der Waals surface area contributed by atoms with Crippen molar-refractivity contribution in [1.82, 2.24) is 20.1 Å². The van der Waals surface area contributed by atoms with Crippen LogP contribution in [0.3, 0.4) is 0 Å². The molecule has 0 amide bonds. The molecule has 1 rings (SSSR count). The molecule has 1 unspecified atom stereocenters. The number of methoxy groups -OCH3 is 1. The van der Waals surface area contributed by atoms with Crippen LogP contribution in [0.1, 0.15) is 38.8 Å². The number of aromatic nitrogens is 3. The topological polar surface area (TPSA) is 52.0 Å². The average Bonchev–Trinajstić information content (AvgIpc) is 2.63. The van der Waals surface area contributed by atoms with Crippen molar-refractivity contribution in [3.63, 3.8) is 0 Å². The maximum absolute atomic E-state index is 5.59. The van der Waals surface area contributed by atoms with Gasteiger partial charge in [0.15, 0.2) is 0 Å². The fraction of sp³-hybridized carbons (Fsp3) is 0.846. The van der Waals surface area contributed by atoms with Crippen molar-refractivity contribution < 1.29 is 4.74 Å². The van der Waals surface area contributed by atoms with Gasteiger partial charge in [0.1, 0.15) is 11.6 Å². The number of rotatable bonds is 7. The number of ether oxygens (including phenoxy) is 1. The molecule has 1 aromatic heterocycles. The van der Waals surface area contributed by atoms with Crippen molar-refractivity contribution in [3.8, 4) is 0 Å². The zero-order chi connectivity index (χ0) is 13.8. The molecule has 5 nitrogen and oxygen atoms in total. The van der Waals surface area contributed by atoms with Crippen molar-refractivity contribution in [1.29, 1.82) is 0 Å². The minimum atomic E-state index is -0.235. The first-order valence-corrected chi connectivity index (χ1v) is 6.57. The van der Waals surface area contributed by atoms with E-state index in [1.807, 2.05) is 18.5 Å². The summed E-state index contributed by atoms with van der Waals surface area (Å²) >= 11 is 0. The molecular formula is C13H26N4O. The molecule has 5 heteroatoms. The van der Waals surface area contributed by atoms with E-state index >= 15 is 0 Å². The van der Waals surface area contributed by atoms with Crippen molar-refractivity contribution in [2.45, 2.75) is 59.2 Å². The van der Waals surface area contributed by atoms with Gasteiger partial charge in [0, 0.05) is 7.11 Å². The molecule has 0 saturated carbocycles. The van der Waals surface area contributed by atoms with Crippen molar-refractivity contribution in [3.05, 3.63) is 11.6 Å². The molecule has 1 aromatic rings. The highest BCUT2D eigenvalue weighted by atomic mass is 16.5. The van der Waals surface area contributed by atoms with Crippen LogP contribution in [0.15, 0.2) is 0 Å². The van der Waals surface area contributed by atoms with E-state index in [1.165, 1.54) is 0 Å². The molecule has 18 heavy (non-hydrogen) atoms. The molecule has 0 aliphatic carbocycles. The van der Waals surface area contributed by atoms with E-state index in [-0.39, 0.29) is 11.6 Å². The molecule has 0 aromatic carbocycles. The Kier molecular flexibility index (Phi) is 5.28. The summed E-state index contributed by atoms with van der Waals surface area (Å²) in [5.41, 5.74) is -0.235. The van der Waals surface area contributed by atoms with Crippen LogP contribution in [-0.2, 0) is 11.3 Å². The number of hydrogen-bond donors (Lipinski definition) is 1. The van der Waals surface area contributed by atoms with Gasteiger partial charge in [-0.1, -0.05) is 6.92 Å². The molecule has 1 N–H and O–H groups in total. The molecule has 0 aliphatic rings. The standard InChI is InChI=1S/C13H26N4O/c1-7-8-14-12(13(4,5)18-6)9-17-11(3)15-10(2)16-17/h12,14H,7-9H2,1-6H3. The summed E-state index contributed by atoms with van der Waals surface area (Å²) in [5.74, 6) is 1.76. The van der Waals surface area contributed by atoms with Gasteiger partial charge in [-0.25, -0.2) is 9.67 Å². The van der Waals surface area contributed by atoms with Gasteiger partial charge in [0.05, 0.1) is 18.2 Å². The van der Waals surface area contributed by atoms with Gasteiger partial charge in [-0.05, 0) is 40.7 Å². The molecule has 0 aliphatic heterocycles. The first-order valence-electron chi connectivity index (χ1n) is 6.57. The first kappa shape index (κ1) is 15.1. The van der Waals surface area contributed by atoms with E-state index in [0.29, 0.717) is 0 Å². The Bertz CT molecular complexity index is 373. The number of nitrogens with zero attached hydrogens (tertiary/aromatic N) is 3. The Morgan fingerprint density at radius 3 is 2.50 bits per heavy atom. The lowest BCUT2D eigenvalue weighted by atomic mass is 9.98. The molecule has 0 radical (unpaired) electrons. The highest BCUT2D eigenvalue weighted by Crippen LogP contribution is 2.16. The van der Waals surface area contributed by atoms with Crippen LogP contribution < -0.4 is 5.32 Å². The number of nitrogens with one attached hydrogen (secondary N) is 1. The Morgan fingerprint density at radius 1 is 1.39 bits per heavy atom. The monoisotopic (exact) mass is 254 g/mol. The molecule has 0 bridgehead atoms. The lowest BCUT2D eigenvalue weighted by Gasteiger charge is -2.34. The van der Waals surface area contributed by atoms with Crippen LogP contribution in [0.4, 0.5) is 0 Å². The van der Waals surface area contributed by atoms with E-state index in [1.54, 1.807) is 7.11 Å². The normalized spacial score (nSPS) is 13.9. The Labute approximate surface area is 110 Å². The quantitative estimate of drug-likeness (QED) is 0.804. The van der Waals surface area contributed by atoms with Gasteiger partial charge in [-0.15, -0.1) is 0 Å². The first-order chi connectivity index (χ1) is 8.40. The van der Waals surface area contributed by atoms with E-state index in [4.69, 9.17) is 4.74 Å². The van der Waals surface area contributed by atoms with Gasteiger partial charge >= 0.3 is 0 Å². The van der Waals surface area contributed by atoms with Gasteiger partial charge in [0.25, 0.3) is 0 Å². The summed E-state index contributed by atoms with van der Waals surface area (Å²) in [6.07, 6.45) is 1.10. The fourth-order valence-electron chi connectivity index (χ4n) is 1.90. The van der Waals surface area contributed by atoms with Crippen molar-refractivity contribution in [2.24, 2.45) is 0 Å². The number of aryl methyl sites for hydroxylation is 2. The second kappa shape index (κ2) is 6.29. The summed E-state index contributed by atoms with van der Waals surface area (Å²) in [5, 5.41) is 7.95. The molecule has 104 valence electrons. The van der Waals surface area contributed by atoms with Crippen LogP contribution in [0.25, 0.3) is 0 Å². The maximum atomic E-state index is 5.59. The second-order valence-corrected chi connectivity index (χ2v) is 5.20. The molecule has 0 saturated heterocycles. The average molecular weight is 254 g/mol. The van der Waals surface area contributed by atoms with Gasteiger partial charge in [-0.3, -0.25) is 0 Å². The van der Waals surface area contributed by atoms with E-state index < -0.39 is 0 Å². The van der Waals surface area contributed by atoms with Crippen LogP contribution in [-0.4, -0.2) is 40.1 Å². The lowest BCUT2D eigenvalue weighted by Crippen LogP contribution is -2.51. The summed E-state index contributed by atoms with van der Waals surface area (Å²) in [7, 11) is 1.75. The highest BCUT2D eigenvalue weighted by molar-refractivity contribution is 4.92. The minimum Gasteiger partial charge on any atom is -0.377 e. The Morgan fingerprint density at radius 2 is 2.06 bits per heavy atom. The van der Waals surface area contributed by atoms with E-state index in [0.717, 1.165) is 31.2 Å². The maximum Gasteiger partial charge on any atom is 0.147 e. The molecule has 0 fully saturated rings. The van der Waals surface area contributed by atoms with Gasteiger partial charge in [-0.2, -0.15) is 5.10 Å². The predicted molar refractivity (Wildman–Crippen MR) is 72.7 cm³/mol. The van der Waals surface area contributed by atoms with Crippen molar-refractivity contribution in [2.75, 3.05) is 13.7 Å². The smallest absolute Gasteiger partial charge is 0.147 e. The SMILES string of the molecule is CCCNC(Cn1nc(C)nc1C)C(C)(C)OC. The predicted octanol–water partition coefficient (Wildman–Crippen LogP) is 1.69. The second-order valence-electron chi connectivity index (χ2n) is 5.20. The van der Waals surface area contributed by atoms with E-state index in [9.17, 15) is 0 Å². The van der Waals surface area contributed by atoms with Crippen LogP contribution in [0.2, 0.25) is 0 Å². The minimum absolute atomic E-state index is 0.210. The summed E-state index contributed by atoms with van der Waals surface area (Å²) in [4.78, 5) is 4.34. The summed E-state index contributed by atoms with van der Waals surface area (Å²) in [6, 6.07) is 0.210. The lowest BCUT2D eigenvalue weighted by molar-refractivity contribution is -0.0159. The fourth-order valence-corrected chi connectivity index (χ4v) is 1.90. The largest absolute Gasteiger partial charge is 0.377 e. The van der Waals surface area contributed by atoms with Gasteiger partial charge in [0.2, 0.25) is 0 Å². The molecule has 1 heterocycles. The zero-order valence-electron chi connectivity index (χ0n) is 12.4. The zero-order valence-corrected chi connectivity index (χ0v) is 12.4.